The number of rotatable bonds is 7. The fourth-order valence-electron chi connectivity index (χ4n) is 2.43. The van der Waals surface area contributed by atoms with Gasteiger partial charge in [0.2, 0.25) is 0 Å². The molecule has 0 heterocycles. The lowest BCUT2D eigenvalue weighted by atomic mass is 9.95. The molecule has 0 bridgehead atoms. The average molecular weight is 251 g/mol. The highest BCUT2D eigenvalue weighted by Crippen LogP contribution is 2.24. The van der Waals surface area contributed by atoms with E-state index in [1.165, 1.54) is 12.8 Å². The van der Waals surface area contributed by atoms with Crippen LogP contribution in [0.15, 0.2) is 0 Å². The highest BCUT2D eigenvalue weighted by molar-refractivity contribution is 5.07. The Morgan fingerprint density at radius 1 is 1.28 bits per heavy atom. The second-order valence-electron chi connectivity index (χ2n) is 7.26. The third kappa shape index (κ3) is 6.37. The zero-order valence-electron chi connectivity index (χ0n) is 12.7. The maximum atomic E-state index is 9.29. The van der Waals surface area contributed by atoms with Crippen molar-refractivity contribution in [3.05, 3.63) is 0 Å². The van der Waals surface area contributed by atoms with Gasteiger partial charge in [-0.15, -0.1) is 0 Å². The van der Waals surface area contributed by atoms with Crippen LogP contribution in [-0.2, 0) is 0 Å². The summed E-state index contributed by atoms with van der Waals surface area (Å²) in [6.45, 7) is 11.0. The minimum atomic E-state index is -0.330. The topological polar surface area (TPSA) is 39.1 Å². The zero-order valence-corrected chi connectivity index (χ0v) is 12.7. The highest BCUT2D eigenvalue weighted by atomic mass is 15.1. The Labute approximate surface area is 113 Å². The summed E-state index contributed by atoms with van der Waals surface area (Å²) < 4.78 is 0. The van der Waals surface area contributed by atoms with E-state index >= 15 is 0 Å². The van der Waals surface area contributed by atoms with Crippen LogP contribution >= 0.6 is 0 Å². The second kappa shape index (κ2) is 6.04. The first-order chi connectivity index (χ1) is 8.24. The number of hydrogen-bond donors (Lipinski definition) is 1. The Morgan fingerprint density at radius 3 is 2.33 bits per heavy atom. The van der Waals surface area contributed by atoms with Crippen molar-refractivity contribution in [3.8, 4) is 6.07 Å². The third-order valence-electron chi connectivity index (χ3n) is 3.31. The molecular formula is C15H29N3. The summed E-state index contributed by atoms with van der Waals surface area (Å²) in [5, 5.41) is 12.7. The maximum absolute atomic E-state index is 9.29. The van der Waals surface area contributed by atoms with Gasteiger partial charge >= 0.3 is 0 Å². The maximum Gasteiger partial charge on any atom is 0.104 e. The molecule has 0 aromatic carbocycles. The molecular weight excluding hydrogens is 222 g/mol. The summed E-state index contributed by atoms with van der Waals surface area (Å²) in [5.74, 6) is 0. The molecule has 1 rings (SSSR count). The van der Waals surface area contributed by atoms with Crippen molar-refractivity contribution < 1.29 is 0 Å². The van der Waals surface area contributed by atoms with Crippen molar-refractivity contribution in [2.45, 2.75) is 65.0 Å². The van der Waals surface area contributed by atoms with E-state index in [-0.39, 0.29) is 5.54 Å². The highest BCUT2D eigenvalue weighted by Gasteiger charge is 2.32. The predicted octanol–water partition coefficient (Wildman–Crippen LogP) is 2.78. The Bertz CT molecular complexity index is 296. The molecule has 1 aliphatic carbocycles. The number of nitrogens with one attached hydrogen (secondary N) is 1. The molecule has 3 nitrogen and oxygen atoms in total. The van der Waals surface area contributed by atoms with Crippen LogP contribution in [0.4, 0.5) is 0 Å². The van der Waals surface area contributed by atoms with Gasteiger partial charge in [0.15, 0.2) is 0 Å². The van der Waals surface area contributed by atoms with Gasteiger partial charge in [0, 0.05) is 12.6 Å². The largest absolute Gasteiger partial charge is 0.306 e. The second-order valence-corrected chi connectivity index (χ2v) is 7.26. The van der Waals surface area contributed by atoms with E-state index in [2.05, 4.69) is 44.1 Å². The average Bonchev–Trinajstić information content (AvgIpc) is 2.98. The first kappa shape index (κ1) is 15.5. The van der Waals surface area contributed by atoms with Crippen LogP contribution in [-0.4, -0.2) is 36.6 Å². The van der Waals surface area contributed by atoms with E-state index in [1.807, 2.05) is 6.92 Å². The van der Waals surface area contributed by atoms with Crippen molar-refractivity contribution in [1.82, 2.24) is 10.2 Å². The zero-order chi connectivity index (χ0) is 13.8. The number of nitriles is 1. The smallest absolute Gasteiger partial charge is 0.104 e. The van der Waals surface area contributed by atoms with Crippen molar-refractivity contribution in [2.75, 3.05) is 20.1 Å². The van der Waals surface area contributed by atoms with E-state index < -0.39 is 0 Å². The molecule has 0 spiro atoms. The minimum Gasteiger partial charge on any atom is -0.306 e. The lowest BCUT2D eigenvalue weighted by Crippen LogP contribution is -2.43. The number of hydrogen-bond acceptors (Lipinski definition) is 3. The van der Waals surface area contributed by atoms with Crippen LogP contribution in [0.5, 0.6) is 0 Å². The monoisotopic (exact) mass is 251 g/mol. The van der Waals surface area contributed by atoms with E-state index in [0.29, 0.717) is 11.5 Å². The normalized spacial score (nSPS) is 19.6. The Hall–Kier alpha value is -0.590. The van der Waals surface area contributed by atoms with Gasteiger partial charge in [-0.3, -0.25) is 5.32 Å². The summed E-state index contributed by atoms with van der Waals surface area (Å²) in [5.41, 5.74) is 0.0171. The molecule has 18 heavy (non-hydrogen) atoms. The first-order valence-corrected chi connectivity index (χ1v) is 7.12. The molecule has 0 amide bonds. The standard InChI is InChI=1S/C15H29N3/c1-14(2,3)12-18(5)10-6-9-15(4,11-16)17-13-7-8-13/h13,17H,6-10,12H2,1-5H3. The molecule has 0 aromatic rings. The van der Waals surface area contributed by atoms with Crippen LogP contribution in [0.2, 0.25) is 0 Å². The summed E-state index contributed by atoms with van der Waals surface area (Å²) in [6, 6.07) is 3.04. The molecule has 0 radical (unpaired) electrons. The van der Waals surface area contributed by atoms with Gasteiger partial charge in [0.1, 0.15) is 5.54 Å². The van der Waals surface area contributed by atoms with E-state index in [1.54, 1.807) is 0 Å². The van der Waals surface area contributed by atoms with Gasteiger partial charge in [-0.05, 0) is 51.6 Å². The van der Waals surface area contributed by atoms with E-state index in [9.17, 15) is 5.26 Å². The van der Waals surface area contributed by atoms with Crippen LogP contribution in [0.1, 0.15) is 53.4 Å². The van der Waals surface area contributed by atoms with Gasteiger partial charge in [-0.1, -0.05) is 20.8 Å². The Morgan fingerprint density at radius 2 is 1.89 bits per heavy atom. The quantitative estimate of drug-likeness (QED) is 0.756. The van der Waals surface area contributed by atoms with Gasteiger partial charge < -0.3 is 4.90 Å². The Kier molecular flexibility index (Phi) is 5.19. The third-order valence-corrected chi connectivity index (χ3v) is 3.31. The molecule has 1 fully saturated rings. The van der Waals surface area contributed by atoms with Crippen molar-refractivity contribution in [3.63, 3.8) is 0 Å². The van der Waals surface area contributed by atoms with Crippen LogP contribution in [0, 0.1) is 16.7 Å². The molecule has 1 saturated carbocycles. The molecule has 1 N–H and O–H groups in total. The van der Waals surface area contributed by atoms with Crippen molar-refractivity contribution >= 4 is 0 Å². The fraction of sp³-hybridized carbons (Fsp3) is 0.933. The van der Waals surface area contributed by atoms with Crippen molar-refractivity contribution in [1.29, 1.82) is 5.26 Å². The molecule has 0 aliphatic heterocycles. The van der Waals surface area contributed by atoms with Crippen molar-refractivity contribution in [2.24, 2.45) is 5.41 Å². The summed E-state index contributed by atoms with van der Waals surface area (Å²) in [4.78, 5) is 2.37. The molecule has 0 aromatic heterocycles. The lowest BCUT2D eigenvalue weighted by molar-refractivity contribution is 0.218. The lowest BCUT2D eigenvalue weighted by Gasteiger charge is -2.28. The van der Waals surface area contributed by atoms with Crippen LogP contribution < -0.4 is 5.32 Å². The molecule has 104 valence electrons. The van der Waals surface area contributed by atoms with Crippen LogP contribution in [0.3, 0.4) is 0 Å². The predicted molar refractivity (Wildman–Crippen MR) is 76.4 cm³/mol. The minimum absolute atomic E-state index is 0.330. The van der Waals surface area contributed by atoms with Gasteiger partial charge in [0.25, 0.3) is 0 Å². The van der Waals surface area contributed by atoms with E-state index in [4.69, 9.17) is 0 Å². The summed E-state index contributed by atoms with van der Waals surface area (Å²) in [7, 11) is 2.17. The molecule has 1 atom stereocenters. The van der Waals surface area contributed by atoms with Crippen LogP contribution in [0.25, 0.3) is 0 Å². The fourth-order valence-corrected chi connectivity index (χ4v) is 2.43. The first-order valence-electron chi connectivity index (χ1n) is 7.12. The summed E-state index contributed by atoms with van der Waals surface area (Å²) >= 11 is 0. The molecule has 0 saturated heterocycles. The summed E-state index contributed by atoms with van der Waals surface area (Å²) in [6.07, 6.45) is 4.49. The van der Waals surface area contributed by atoms with E-state index in [0.717, 1.165) is 25.9 Å². The van der Waals surface area contributed by atoms with Gasteiger partial charge in [-0.2, -0.15) is 5.26 Å². The van der Waals surface area contributed by atoms with Gasteiger partial charge in [0.05, 0.1) is 6.07 Å². The molecule has 3 heteroatoms. The Balaban J connectivity index is 2.24. The molecule has 1 unspecified atom stereocenters. The SMILES string of the molecule is CN(CCCC(C)(C#N)NC1CC1)CC(C)(C)C. The molecule has 1 aliphatic rings. The van der Waals surface area contributed by atoms with Gasteiger partial charge in [-0.25, -0.2) is 0 Å². The number of nitrogens with zero attached hydrogens (tertiary/aromatic N) is 2.